The van der Waals surface area contributed by atoms with E-state index < -0.39 is 0 Å². The third-order valence-corrected chi connectivity index (χ3v) is 5.48. The predicted octanol–water partition coefficient (Wildman–Crippen LogP) is 3.06. The van der Waals surface area contributed by atoms with E-state index in [-0.39, 0.29) is 5.41 Å². The van der Waals surface area contributed by atoms with Gasteiger partial charge in [-0.05, 0) is 37.4 Å². The SMILES string of the molecule is CCc1ccc(CC(=O)C2(C(C)C)CCNC2)s1. The molecular weight excluding hydrogens is 242 g/mol. The Balaban J connectivity index is 2.10. The Hall–Kier alpha value is -0.670. The molecule has 0 aliphatic carbocycles. The van der Waals surface area contributed by atoms with Gasteiger partial charge in [0.25, 0.3) is 0 Å². The van der Waals surface area contributed by atoms with Crippen LogP contribution in [0.1, 0.15) is 36.9 Å². The van der Waals surface area contributed by atoms with Crippen molar-refractivity contribution in [3.05, 3.63) is 21.9 Å². The van der Waals surface area contributed by atoms with Crippen molar-refractivity contribution in [2.75, 3.05) is 13.1 Å². The van der Waals surface area contributed by atoms with Crippen LogP contribution in [0.5, 0.6) is 0 Å². The average Bonchev–Trinajstić information content (AvgIpc) is 2.97. The van der Waals surface area contributed by atoms with E-state index in [2.05, 4.69) is 38.2 Å². The minimum atomic E-state index is -0.129. The van der Waals surface area contributed by atoms with E-state index in [1.54, 1.807) is 11.3 Å². The van der Waals surface area contributed by atoms with Gasteiger partial charge in [0.1, 0.15) is 5.78 Å². The highest BCUT2D eigenvalue weighted by molar-refractivity contribution is 7.12. The van der Waals surface area contributed by atoms with Gasteiger partial charge in [0.2, 0.25) is 0 Å². The number of rotatable bonds is 5. The summed E-state index contributed by atoms with van der Waals surface area (Å²) >= 11 is 1.79. The summed E-state index contributed by atoms with van der Waals surface area (Å²) in [6.45, 7) is 8.35. The van der Waals surface area contributed by atoms with Gasteiger partial charge in [-0.3, -0.25) is 4.79 Å². The zero-order valence-electron chi connectivity index (χ0n) is 11.6. The van der Waals surface area contributed by atoms with Crippen LogP contribution in [0.3, 0.4) is 0 Å². The molecule has 0 aromatic carbocycles. The summed E-state index contributed by atoms with van der Waals surface area (Å²) in [6, 6.07) is 4.28. The van der Waals surface area contributed by atoms with E-state index >= 15 is 0 Å². The van der Waals surface area contributed by atoms with Gasteiger partial charge in [-0.1, -0.05) is 20.8 Å². The zero-order chi connectivity index (χ0) is 13.2. The second-order valence-corrected chi connectivity index (χ2v) is 6.81. The van der Waals surface area contributed by atoms with Crippen LogP contribution in [0, 0.1) is 11.3 Å². The summed E-state index contributed by atoms with van der Waals surface area (Å²) in [4.78, 5) is 15.2. The van der Waals surface area contributed by atoms with E-state index in [0.29, 0.717) is 18.1 Å². The molecule has 1 aromatic heterocycles. The molecule has 1 aromatic rings. The minimum absolute atomic E-state index is 0.129. The fourth-order valence-electron chi connectivity index (χ4n) is 2.81. The lowest BCUT2D eigenvalue weighted by molar-refractivity contribution is -0.129. The van der Waals surface area contributed by atoms with Crippen molar-refractivity contribution in [2.45, 2.75) is 40.0 Å². The Kier molecular flexibility index (Phi) is 4.23. The molecule has 3 heteroatoms. The summed E-state index contributed by atoms with van der Waals surface area (Å²) in [5.74, 6) is 0.845. The Labute approximate surface area is 114 Å². The van der Waals surface area contributed by atoms with Gasteiger partial charge in [-0.25, -0.2) is 0 Å². The molecular formula is C15H23NOS. The fraction of sp³-hybridized carbons (Fsp3) is 0.667. The lowest BCUT2D eigenvalue weighted by atomic mass is 9.72. The van der Waals surface area contributed by atoms with Crippen LogP contribution in [0.15, 0.2) is 12.1 Å². The van der Waals surface area contributed by atoms with Crippen LogP contribution in [-0.4, -0.2) is 18.9 Å². The molecule has 0 radical (unpaired) electrons. The lowest BCUT2D eigenvalue weighted by Crippen LogP contribution is -2.39. The van der Waals surface area contributed by atoms with Crippen LogP contribution >= 0.6 is 11.3 Å². The monoisotopic (exact) mass is 265 g/mol. The molecule has 1 aliphatic rings. The molecule has 0 spiro atoms. The molecule has 2 heterocycles. The molecule has 18 heavy (non-hydrogen) atoms. The molecule has 1 saturated heterocycles. The third-order valence-electron chi connectivity index (χ3n) is 4.25. The molecule has 2 nitrogen and oxygen atoms in total. The van der Waals surface area contributed by atoms with Crippen LogP contribution in [-0.2, 0) is 17.6 Å². The van der Waals surface area contributed by atoms with Crippen molar-refractivity contribution < 1.29 is 4.79 Å². The first-order valence-corrected chi connectivity index (χ1v) is 7.71. The van der Waals surface area contributed by atoms with Crippen molar-refractivity contribution in [3.8, 4) is 0 Å². The highest BCUT2D eigenvalue weighted by Crippen LogP contribution is 2.36. The molecule has 1 aliphatic heterocycles. The van der Waals surface area contributed by atoms with E-state index in [0.717, 1.165) is 25.9 Å². The topological polar surface area (TPSA) is 29.1 Å². The van der Waals surface area contributed by atoms with Crippen molar-refractivity contribution in [1.82, 2.24) is 5.32 Å². The number of ketones is 1. The smallest absolute Gasteiger partial charge is 0.145 e. The quantitative estimate of drug-likeness (QED) is 0.886. The number of aryl methyl sites for hydroxylation is 1. The first kappa shape index (κ1) is 13.8. The van der Waals surface area contributed by atoms with Crippen molar-refractivity contribution in [3.63, 3.8) is 0 Å². The third kappa shape index (κ3) is 2.52. The highest BCUT2D eigenvalue weighted by atomic mass is 32.1. The number of carbonyl (C=O) groups is 1. The number of nitrogens with one attached hydrogen (secondary N) is 1. The number of carbonyl (C=O) groups excluding carboxylic acids is 1. The minimum Gasteiger partial charge on any atom is -0.316 e. The van der Waals surface area contributed by atoms with Crippen molar-refractivity contribution in [2.24, 2.45) is 11.3 Å². The molecule has 1 fully saturated rings. The van der Waals surface area contributed by atoms with Crippen LogP contribution in [0.4, 0.5) is 0 Å². The normalized spacial score (nSPS) is 23.8. The first-order valence-electron chi connectivity index (χ1n) is 6.90. The van der Waals surface area contributed by atoms with E-state index in [1.807, 2.05) is 0 Å². The second kappa shape index (κ2) is 5.54. The molecule has 1 atom stereocenters. The average molecular weight is 265 g/mol. The van der Waals surface area contributed by atoms with Crippen LogP contribution in [0.2, 0.25) is 0 Å². The summed E-state index contributed by atoms with van der Waals surface area (Å²) in [5, 5.41) is 3.36. The maximum Gasteiger partial charge on any atom is 0.145 e. The summed E-state index contributed by atoms with van der Waals surface area (Å²) < 4.78 is 0. The van der Waals surface area contributed by atoms with Gasteiger partial charge in [-0.15, -0.1) is 11.3 Å². The largest absolute Gasteiger partial charge is 0.316 e. The van der Waals surface area contributed by atoms with Gasteiger partial charge in [-0.2, -0.15) is 0 Å². The molecule has 100 valence electrons. The van der Waals surface area contributed by atoms with Gasteiger partial charge >= 0.3 is 0 Å². The molecule has 1 unspecified atom stereocenters. The van der Waals surface area contributed by atoms with E-state index in [1.165, 1.54) is 9.75 Å². The number of hydrogen-bond donors (Lipinski definition) is 1. The number of hydrogen-bond acceptors (Lipinski definition) is 3. The van der Waals surface area contributed by atoms with Crippen molar-refractivity contribution in [1.29, 1.82) is 0 Å². The van der Waals surface area contributed by atoms with Crippen LogP contribution in [0.25, 0.3) is 0 Å². The fourth-order valence-corrected chi connectivity index (χ4v) is 3.76. The Bertz CT molecular complexity index is 416. The Morgan fingerprint density at radius 3 is 2.67 bits per heavy atom. The molecule has 1 N–H and O–H groups in total. The van der Waals surface area contributed by atoms with E-state index in [4.69, 9.17) is 0 Å². The molecule has 2 rings (SSSR count). The maximum absolute atomic E-state index is 12.6. The van der Waals surface area contributed by atoms with Gasteiger partial charge in [0, 0.05) is 28.1 Å². The van der Waals surface area contributed by atoms with Gasteiger partial charge < -0.3 is 5.32 Å². The van der Waals surface area contributed by atoms with Crippen molar-refractivity contribution >= 4 is 17.1 Å². The van der Waals surface area contributed by atoms with Crippen LogP contribution < -0.4 is 5.32 Å². The highest BCUT2D eigenvalue weighted by Gasteiger charge is 2.43. The standard InChI is InChI=1S/C15H23NOS/c1-4-12-5-6-13(18-12)9-14(17)15(11(2)3)7-8-16-10-15/h5-6,11,16H,4,7-10H2,1-3H3. The second-order valence-electron chi connectivity index (χ2n) is 5.56. The molecule has 0 amide bonds. The summed E-state index contributed by atoms with van der Waals surface area (Å²) in [6.07, 6.45) is 2.68. The Morgan fingerprint density at radius 2 is 2.17 bits per heavy atom. The predicted molar refractivity (Wildman–Crippen MR) is 77.2 cm³/mol. The first-order chi connectivity index (χ1) is 8.58. The van der Waals surface area contributed by atoms with Gasteiger partial charge in [0.05, 0.1) is 0 Å². The van der Waals surface area contributed by atoms with E-state index in [9.17, 15) is 4.79 Å². The maximum atomic E-state index is 12.6. The summed E-state index contributed by atoms with van der Waals surface area (Å²) in [7, 11) is 0. The lowest BCUT2D eigenvalue weighted by Gasteiger charge is -2.30. The summed E-state index contributed by atoms with van der Waals surface area (Å²) in [5.41, 5.74) is -0.129. The van der Waals surface area contributed by atoms with Gasteiger partial charge in [0.15, 0.2) is 0 Å². The molecule has 0 saturated carbocycles. The zero-order valence-corrected chi connectivity index (χ0v) is 12.4. The number of Topliss-reactive ketones (excluding diaryl/α,β-unsaturated/α-hetero) is 1. The molecule has 0 bridgehead atoms. The Morgan fingerprint density at radius 1 is 1.44 bits per heavy atom. The number of thiophene rings is 1.